The predicted octanol–water partition coefficient (Wildman–Crippen LogP) is 7.43. The number of rotatable bonds is 6. The Morgan fingerprint density at radius 1 is 0.600 bits per heavy atom. The van der Waals surface area contributed by atoms with Gasteiger partial charge in [0.15, 0.2) is 0 Å². The van der Waals surface area contributed by atoms with Gasteiger partial charge in [0, 0.05) is 5.41 Å². The summed E-state index contributed by atoms with van der Waals surface area (Å²) < 4.78 is 0. The molecule has 0 fully saturated rings. The lowest BCUT2D eigenvalue weighted by Crippen LogP contribution is -2.25. The van der Waals surface area contributed by atoms with Gasteiger partial charge >= 0.3 is 0 Å². The normalized spacial score (nSPS) is 12.5. The summed E-state index contributed by atoms with van der Waals surface area (Å²) >= 11 is 0. The van der Waals surface area contributed by atoms with Crippen molar-refractivity contribution in [3.63, 3.8) is 0 Å². The number of benzene rings is 4. The summed E-state index contributed by atoms with van der Waals surface area (Å²) in [5, 5.41) is 30.1. The SMILES string of the molecule is Cc1cc(CC(C)c2ccc(C(C)(c3ccc(O)c(C)c3)c3ccc(O)c(C)c3)cc2)ccc1O. The Morgan fingerprint density at radius 2 is 1.03 bits per heavy atom. The fourth-order valence-electron chi connectivity index (χ4n) is 4.89. The predicted molar refractivity (Wildman–Crippen MR) is 143 cm³/mol. The third-order valence-corrected chi connectivity index (χ3v) is 7.41. The van der Waals surface area contributed by atoms with Crippen LogP contribution >= 0.6 is 0 Å². The van der Waals surface area contributed by atoms with Crippen LogP contribution < -0.4 is 0 Å². The van der Waals surface area contributed by atoms with Crippen LogP contribution in [0.4, 0.5) is 0 Å². The quantitative estimate of drug-likeness (QED) is 0.259. The third-order valence-electron chi connectivity index (χ3n) is 7.41. The zero-order chi connectivity index (χ0) is 25.3. The molecule has 0 saturated heterocycles. The molecule has 0 aliphatic carbocycles. The van der Waals surface area contributed by atoms with Gasteiger partial charge in [0.2, 0.25) is 0 Å². The van der Waals surface area contributed by atoms with Gasteiger partial charge in [0.05, 0.1) is 0 Å². The van der Waals surface area contributed by atoms with Crippen LogP contribution in [-0.4, -0.2) is 15.3 Å². The summed E-state index contributed by atoms with van der Waals surface area (Å²) in [6, 6.07) is 26.2. The minimum Gasteiger partial charge on any atom is -0.508 e. The van der Waals surface area contributed by atoms with E-state index in [4.69, 9.17) is 0 Å². The minimum atomic E-state index is -0.466. The zero-order valence-electron chi connectivity index (χ0n) is 21.1. The fraction of sp³-hybridized carbons (Fsp3) is 0.250. The standard InChI is InChI=1S/C32H34O3/c1-20(16-24-6-13-29(33)21(2)17-24)25-7-9-26(10-8-25)32(5,27-11-14-30(34)22(3)18-27)28-12-15-31(35)23(4)19-28/h6-15,17-20,33-35H,16H2,1-5H3. The van der Waals surface area contributed by atoms with E-state index in [-0.39, 0.29) is 11.5 Å². The number of phenols is 3. The molecule has 0 spiro atoms. The molecule has 0 saturated carbocycles. The van der Waals surface area contributed by atoms with E-state index in [1.54, 1.807) is 18.2 Å². The average molecular weight is 467 g/mol. The Kier molecular flexibility index (Phi) is 6.62. The summed E-state index contributed by atoms with van der Waals surface area (Å²) in [5.41, 5.74) is 7.87. The van der Waals surface area contributed by atoms with Gasteiger partial charge in [0.25, 0.3) is 0 Å². The molecule has 0 radical (unpaired) electrons. The van der Waals surface area contributed by atoms with Gasteiger partial charge in [0.1, 0.15) is 17.2 Å². The van der Waals surface area contributed by atoms with Gasteiger partial charge in [-0.15, -0.1) is 0 Å². The molecule has 4 aromatic carbocycles. The largest absolute Gasteiger partial charge is 0.508 e. The third kappa shape index (κ3) is 4.77. The molecule has 1 unspecified atom stereocenters. The van der Waals surface area contributed by atoms with Crippen LogP contribution in [0.3, 0.4) is 0 Å². The molecule has 4 rings (SSSR count). The van der Waals surface area contributed by atoms with Crippen molar-refractivity contribution in [3.8, 4) is 17.2 Å². The van der Waals surface area contributed by atoms with E-state index in [2.05, 4.69) is 44.2 Å². The second kappa shape index (κ2) is 9.50. The summed E-state index contributed by atoms with van der Waals surface area (Å²) in [6.07, 6.45) is 0.895. The Bertz CT molecular complexity index is 1300. The molecule has 0 amide bonds. The molecule has 3 nitrogen and oxygen atoms in total. The van der Waals surface area contributed by atoms with Gasteiger partial charge in [-0.3, -0.25) is 0 Å². The highest BCUT2D eigenvalue weighted by molar-refractivity contribution is 5.54. The molecular formula is C32H34O3. The maximum Gasteiger partial charge on any atom is 0.118 e. The van der Waals surface area contributed by atoms with Crippen LogP contribution in [0.5, 0.6) is 17.2 Å². The average Bonchev–Trinajstić information content (AvgIpc) is 2.84. The van der Waals surface area contributed by atoms with Crippen molar-refractivity contribution >= 4 is 0 Å². The Balaban J connectivity index is 1.73. The molecule has 0 aromatic heterocycles. The molecule has 0 heterocycles. The van der Waals surface area contributed by atoms with Crippen molar-refractivity contribution in [1.82, 2.24) is 0 Å². The maximum atomic E-state index is 10.1. The number of hydrogen-bond acceptors (Lipinski definition) is 3. The Hall–Kier alpha value is -3.72. The number of hydrogen-bond donors (Lipinski definition) is 3. The molecule has 35 heavy (non-hydrogen) atoms. The van der Waals surface area contributed by atoms with Crippen LogP contribution in [0.25, 0.3) is 0 Å². The highest BCUT2D eigenvalue weighted by Crippen LogP contribution is 2.41. The van der Waals surface area contributed by atoms with E-state index < -0.39 is 5.41 Å². The lowest BCUT2D eigenvalue weighted by molar-refractivity contribution is 0.469. The second-order valence-corrected chi connectivity index (χ2v) is 9.98. The van der Waals surface area contributed by atoms with E-state index in [0.29, 0.717) is 11.7 Å². The van der Waals surface area contributed by atoms with Crippen molar-refractivity contribution in [2.75, 3.05) is 0 Å². The van der Waals surface area contributed by atoms with Crippen LogP contribution in [-0.2, 0) is 11.8 Å². The zero-order valence-corrected chi connectivity index (χ0v) is 21.1. The van der Waals surface area contributed by atoms with E-state index in [1.165, 1.54) is 11.1 Å². The first-order valence-electron chi connectivity index (χ1n) is 12.1. The van der Waals surface area contributed by atoms with Crippen LogP contribution in [0.2, 0.25) is 0 Å². The first kappa shape index (κ1) is 24.4. The highest BCUT2D eigenvalue weighted by Gasteiger charge is 2.32. The fourth-order valence-corrected chi connectivity index (χ4v) is 4.89. The van der Waals surface area contributed by atoms with Crippen molar-refractivity contribution in [2.24, 2.45) is 0 Å². The van der Waals surface area contributed by atoms with Crippen LogP contribution in [0.1, 0.15) is 64.3 Å². The summed E-state index contributed by atoms with van der Waals surface area (Å²) in [7, 11) is 0. The van der Waals surface area contributed by atoms with Gasteiger partial charge < -0.3 is 15.3 Å². The van der Waals surface area contributed by atoms with Crippen LogP contribution in [0.15, 0.2) is 78.9 Å². The highest BCUT2D eigenvalue weighted by atomic mass is 16.3. The Morgan fingerprint density at radius 3 is 1.49 bits per heavy atom. The number of phenolic OH excluding ortho intramolecular Hbond substituents is 3. The van der Waals surface area contributed by atoms with Gasteiger partial charge in [-0.05, 0) is 103 Å². The van der Waals surface area contributed by atoms with Crippen LogP contribution in [0, 0.1) is 20.8 Å². The lowest BCUT2D eigenvalue weighted by Gasteiger charge is -2.33. The molecule has 4 aromatic rings. The van der Waals surface area contributed by atoms with Crippen molar-refractivity contribution in [1.29, 1.82) is 0 Å². The van der Waals surface area contributed by atoms with Gasteiger partial charge in [-0.25, -0.2) is 0 Å². The Labute approximate surface area is 208 Å². The molecule has 0 aliphatic rings. The molecule has 180 valence electrons. The molecular weight excluding hydrogens is 432 g/mol. The number of aromatic hydroxyl groups is 3. The molecule has 1 atom stereocenters. The van der Waals surface area contributed by atoms with Crippen molar-refractivity contribution in [2.45, 2.75) is 52.4 Å². The molecule has 0 aliphatic heterocycles. The monoisotopic (exact) mass is 466 g/mol. The first-order valence-corrected chi connectivity index (χ1v) is 12.1. The van der Waals surface area contributed by atoms with E-state index in [0.717, 1.165) is 39.8 Å². The topological polar surface area (TPSA) is 60.7 Å². The summed E-state index contributed by atoms with van der Waals surface area (Å²) in [6.45, 7) is 10.2. The maximum absolute atomic E-state index is 10.1. The molecule has 3 N–H and O–H groups in total. The molecule has 0 bridgehead atoms. The lowest BCUT2D eigenvalue weighted by atomic mass is 9.70. The van der Waals surface area contributed by atoms with E-state index >= 15 is 0 Å². The minimum absolute atomic E-state index is 0.284. The van der Waals surface area contributed by atoms with Crippen molar-refractivity contribution < 1.29 is 15.3 Å². The van der Waals surface area contributed by atoms with Gasteiger partial charge in [-0.2, -0.15) is 0 Å². The summed E-state index contributed by atoms with van der Waals surface area (Å²) in [4.78, 5) is 0. The van der Waals surface area contributed by atoms with Crippen molar-refractivity contribution in [3.05, 3.63) is 123 Å². The molecule has 3 heteroatoms. The smallest absolute Gasteiger partial charge is 0.118 e. The van der Waals surface area contributed by atoms with E-state index in [9.17, 15) is 15.3 Å². The van der Waals surface area contributed by atoms with Gasteiger partial charge in [-0.1, -0.05) is 67.6 Å². The summed E-state index contributed by atoms with van der Waals surface area (Å²) in [5.74, 6) is 1.23. The number of aryl methyl sites for hydroxylation is 3. The second-order valence-electron chi connectivity index (χ2n) is 9.98. The first-order chi connectivity index (χ1) is 16.6. The van der Waals surface area contributed by atoms with E-state index in [1.807, 2.05) is 51.1 Å².